The molecule has 74 valence electrons. The van der Waals surface area contributed by atoms with Gasteiger partial charge in [-0.2, -0.15) is 0 Å². The first kappa shape index (κ1) is 10.8. The van der Waals surface area contributed by atoms with E-state index in [1.807, 2.05) is 0 Å². The van der Waals surface area contributed by atoms with E-state index in [4.69, 9.17) is 5.11 Å². The first-order valence-electron chi connectivity index (χ1n) is 4.05. The Labute approximate surface area is 87.2 Å². The molecular formula is C10H10O3S. The number of carboxylic acid groups (broad SMARTS) is 1. The molecule has 3 nitrogen and oxygen atoms in total. The Balaban J connectivity index is 3.06. The van der Waals surface area contributed by atoms with Crippen LogP contribution >= 0.6 is 12.6 Å². The minimum absolute atomic E-state index is 0.00764. The lowest BCUT2D eigenvalue weighted by Crippen LogP contribution is -2.02. The summed E-state index contributed by atoms with van der Waals surface area (Å²) in [5, 5.41) is 8.79. The lowest BCUT2D eigenvalue weighted by molar-refractivity contribution is -0.116. The summed E-state index contributed by atoms with van der Waals surface area (Å²) < 4.78 is 0. The summed E-state index contributed by atoms with van der Waals surface area (Å²) in [5.74, 6) is -1.02. The number of Topliss-reactive ketones (excluding diaryl/α,β-unsaturated/α-hetero) is 1. The van der Waals surface area contributed by atoms with Crippen molar-refractivity contribution >= 4 is 24.4 Å². The third-order valence-electron chi connectivity index (χ3n) is 1.74. The maximum Gasteiger partial charge on any atom is 0.336 e. The molecule has 4 heteroatoms. The minimum Gasteiger partial charge on any atom is -0.478 e. The highest BCUT2D eigenvalue weighted by Crippen LogP contribution is 2.16. The van der Waals surface area contributed by atoms with Gasteiger partial charge in [-0.15, -0.1) is 12.6 Å². The zero-order valence-corrected chi connectivity index (χ0v) is 8.54. The lowest BCUT2D eigenvalue weighted by atomic mass is 10.1. The van der Waals surface area contributed by atoms with Crippen molar-refractivity contribution in [3.63, 3.8) is 0 Å². The summed E-state index contributed by atoms with van der Waals surface area (Å²) in [6, 6.07) is 4.77. The van der Waals surface area contributed by atoms with E-state index in [9.17, 15) is 9.59 Å². The second kappa shape index (κ2) is 4.28. The quantitative estimate of drug-likeness (QED) is 0.748. The summed E-state index contributed by atoms with van der Waals surface area (Å²) >= 11 is 4.01. The number of carboxylic acids is 1. The van der Waals surface area contributed by atoms with Gasteiger partial charge in [0.25, 0.3) is 0 Å². The van der Waals surface area contributed by atoms with Crippen molar-refractivity contribution in [3.05, 3.63) is 29.3 Å². The van der Waals surface area contributed by atoms with E-state index in [2.05, 4.69) is 12.6 Å². The van der Waals surface area contributed by atoms with Gasteiger partial charge in [-0.25, -0.2) is 4.79 Å². The van der Waals surface area contributed by atoms with Crippen LogP contribution in [-0.2, 0) is 11.2 Å². The lowest BCUT2D eigenvalue weighted by Gasteiger charge is -2.02. The number of aromatic carboxylic acids is 1. The first-order valence-corrected chi connectivity index (χ1v) is 4.50. The molecule has 0 saturated carbocycles. The van der Waals surface area contributed by atoms with Gasteiger partial charge >= 0.3 is 5.97 Å². The van der Waals surface area contributed by atoms with Crippen molar-refractivity contribution in [2.45, 2.75) is 18.2 Å². The maximum atomic E-state index is 10.8. The molecular weight excluding hydrogens is 200 g/mol. The third-order valence-corrected chi connectivity index (χ3v) is 2.13. The number of hydrogen-bond donors (Lipinski definition) is 2. The zero-order valence-electron chi connectivity index (χ0n) is 7.65. The minimum atomic E-state index is -1.03. The number of carbonyl (C=O) groups is 2. The predicted octanol–water partition coefficient (Wildman–Crippen LogP) is 1.80. The van der Waals surface area contributed by atoms with Crippen LogP contribution in [0.15, 0.2) is 23.1 Å². The number of thiol groups is 1. The smallest absolute Gasteiger partial charge is 0.336 e. The molecule has 14 heavy (non-hydrogen) atoms. The summed E-state index contributed by atoms with van der Waals surface area (Å²) in [6.45, 7) is 1.47. The summed E-state index contributed by atoms with van der Waals surface area (Å²) in [4.78, 5) is 21.9. The standard InChI is InChI=1S/C10H10O3S/c1-6(11)4-7-2-3-9(14)8(5-7)10(12)13/h2-3,5,14H,4H2,1H3,(H,12,13). The van der Waals surface area contributed by atoms with Gasteiger partial charge in [-0.05, 0) is 24.6 Å². The average molecular weight is 210 g/mol. The molecule has 0 atom stereocenters. The van der Waals surface area contributed by atoms with Crippen molar-refractivity contribution in [1.82, 2.24) is 0 Å². The number of hydrogen-bond acceptors (Lipinski definition) is 3. The van der Waals surface area contributed by atoms with Crippen LogP contribution < -0.4 is 0 Å². The van der Waals surface area contributed by atoms with Crippen LogP contribution in [0.4, 0.5) is 0 Å². The van der Waals surface area contributed by atoms with Crippen LogP contribution in [0.2, 0.25) is 0 Å². The molecule has 0 heterocycles. The van der Waals surface area contributed by atoms with Crippen LogP contribution in [0, 0.1) is 0 Å². The number of carbonyl (C=O) groups excluding carboxylic acids is 1. The Bertz CT molecular complexity index is 385. The molecule has 1 rings (SSSR count). The topological polar surface area (TPSA) is 54.4 Å². The van der Waals surface area contributed by atoms with Gasteiger partial charge < -0.3 is 5.11 Å². The van der Waals surface area contributed by atoms with Crippen LogP contribution in [-0.4, -0.2) is 16.9 Å². The van der Waals surface area contributed by atoms with Gasteiger partial charge in [0.2, 0.25) is 0 Å². The Morgan fingerprint density at radius 1 is 1.43 bits per heavy atom. The molecule has 0 fully saturated rings. The maximum absolute atomic E-state index is 10.8. The van der Waals surface area contributed by atoms with Crippen molar-refractivity contribution < 1.29 is 14.7 Å². The fourth-order valence-electron chi connectivity index (χ4n) is 1.15. The van der Waals surface area contributed by atoms with Gasteiger partial charge in [0, 0.05) is 11.3 Å². The van der Waals surface area contributed by atoms with E-state index in [-0.39, 0.29) is 17.8 Å². The second-order valence-corrected chi connectivity index (χ2v) is 3.52. The van der Waals surface area contributed by atoms with E-state index < -0.39 is 5.97 Å². The Morgan fingerprint density at radius 3 is 2.57 bits per heavy atom. The van der Waals surface area contributed by atoms with Crippen LogP contribution in [0.1, 0.15) is 22.8 Å². The van der Waals surface area contributed by atoms with E-state index >= 15 is 0 Å². The molecule has 0 aliphatic carbocycles. The molecule has 0 aliphatic heterocycles. The fraction of sp³-hybridized carbons (Fsp3) is 0.200. The van der Waals surface area contributed by atoms with Gasteiger partial charge in [-0.1, -0.05) is 6.07 Å². The van der Waals surface area contributed by atoms with Crippen LogP contribution in [0.25, 0.3) is 0 Å². The SMILES string of the molecule is CC(=O)Cc1ccc(S)c(C(=O)O)c1. The van der Waals surface area contributed by atoms with Crippen molar-refractivity contribution in [2.24, 2.45) is 0 Å². The van der Waals surface area contributed by atoms with E-state index in [1.165, 1.54) is 13.0 Å². The van der Waals surface area contributed by atoms with E-state index in [1.54, 1.807) is 12.1 Å². The molecule has 0 unspecified atom stereocenters. The Kier molecular flexibility index (Phi) is 3.30. The van der Waals surface area contributed by atoms with Gasteiger partial charge in [0.05, 0.1) is 5.56 Å². The highest BCUT2D eigenvalue weighted by molar-refractivity contribution is 7.80. The van der Waals surface area contributed by atoms with Crippen LogP contribution in [0.5, 0.6) is 0 Å². The summed E-state index contributed by atoms with van der Waals surface area (Å²) in [5.41, 5.74) is 0.833. The monoisotopic (exact) mass is 210 g/mol. The molecule has 0 amide bonds. The van der Waals surface area contributed by atoms with Crippen LogP contribution in [0.3, 0.4) is 0 Å². The largest absolute Gasteiger partial charge is 0.478 e. The number of rotatable bonds is 3. The van der Waals surface area contributed by atoms with Crippen molar-refractivity contribution in [3.8, 4) is 0 Å². The molecule has 0 radical (unpaired) electrons. The first-order chi connectivity index (χ1) is 6.50. The molecule has 1 aromatic carbocycles. The van der Waals surface area contributed by atoms with Crippen molar-refractivity contribution in [2.75, 3.05) is 0 Å². The van der Waals surface area contributed by atoms with Gasteiger partial charge in [0.1, 0.15) is 5.78 Å². The number of benzene rings is 1. The normalized spacial score (nSPS) is 9.86. The third kappa shape index (κ3) is 2.60. The summed E-state index contributed by atoms with van der Waals surface area (Å²) in [7, 11) is 0. The van der Waals surface area contributed by atoms with E-state index in [0.29, 0.717) is 10.5 Å². The zero-order chi connectivity index (χ0) is 10.7. The van der Waals surface area contributed by atoms with Crippen molar-refractivity contribution in [1.29, 1.82) is 0 Å². The molecule has 0 aromatic heterocycles. The highest BCUT2D eigenvalue weighted by Gasteiger charge is 2.08. The predicted molar refractivity (Wildman–Crippen MR) is 55.0 cm³/mol. The van der Waals surface area contributed by atoms with Gasteiger partial charge in [0.15, 0.2) is 0 Å². The number of ketones is 1. The van der Waals surface area contributed by atoms with E-state index in [0.717, 1.165) is 0 Å². The average Bonchev–Trinajstić information content (AvgIpc) is 2.07. The molecule has 0 bridgehead atoms. The molecule has 0 aliphatic rings. The Morgan fingerprint density at radius 2 is 2.07 bits per heavy atom. The fourth-order valence-corrected chi connectivity index (χ4v) is 1.39. The summed E-state index contributed by atoms with van der Waals surface area (Å²) in [6.07, 6.45) is 0.258. The molecule has 0 saturated heterocycles. The molecule has 1 aromatic rings. The second-order valence-electron chi connectivity index (χ2n) is 3.04. The van der Waals surface area contributed by atoms with Gasteiger partial charge in [-0.3, -0.25) is 4.79 Å². The highest BCUT2D eigenvalue weighted by atomic mass is 32.1. The molecule has 1 N–H and O–H groups in total. The Hall–Kier alpha value is -1.29. The molecule has 0 spiro atoms.